The lowest BCUT2D eigenvalue weighted by Gasteiger charge is -2.26. The van der Waals surface area contributed by atoms with Crippen molar-refractivity contribution in [2.24, 2.45) is 0 Å². The van der Waals surface area contributed by atoms with Gasteiger partial charge in [-0.05, 0) is 48.0 Å². The summed E-state index contributed by atoms with van der Waals surface area (Å²) in [7, 11) is 0. The van der Waals surface area contributed by atoms with Gasteiger partial charge in [-0.1, -0.05) is 36.9 Å². The lowest BCUT2D eigenvalue weighted by atomic mass is 10.0. The van der Waals surface area contributed by atoms with Gasteiger partial charge in [-0.25, -0.2) is 9.97 Å². The molecule has 0 radical (unpaired) electrons. The molecule has 0 unspecified atom stereocenters. The molecule has 1 aliphatic rings. The summed E-state index contributed by atoms with van der Waals surface area (Å²) in [5.41, 5.74) is 4.93. The van der Waals surface area contributed by atoms with Crippen LogP contribution in [0.25, 0.3) is 22.0 Å². The normalized spacial score (nSPS) is 13.5. The molecule has 2 heterocycles. The van der Waals surface area contributed by atoms with Crippen LogP contribution in [0.1, 0.15) is 0 Å². The largest absolute Gasteiger partial charge is 0.370 e. The molecule has 8 heteroatoms. The predicted molar refractivity (Wildman–Crippen MR) is 137 cm³/mol. The van der Waals surface area contributed by atoms with Crippen molar-refractivity contribution in [3.05, 3.63) is 85.6 Å². The Hall–Kier alpha value is -4.56. The lowest BCUT2D eigenvalue weighted by Crippen LogP contribution is -2.41. The van der Waals surface area contributed by atoms with Gasteiger partial charge in [0.15, 0.2) is 0 Å². The van der Waals surface area contributed by atoms with E-state index in [-0.39, 0.29) is 18.4 Å². The molecule has 0 aliphatic carbocycles. The van der Waals surface area contributed by atoms with Crippen molar-refractivity contribution < 1.29 is 14.3 Å². The van der Waals surface area contributed by atoms with Crippen molar-refractivity contribution >= 4 is 45.7 Å². The van der Waals surface area contributed by atoms with E-state index in [1.54, 1.807) is 11.1 Å². The number of carbonyl (C=O) groups excluding carboxylic acids is 2. The van der Waals surface area contributed by atoms with Gasteiger partial charge in [0.25, 0.3) is 5.91 Å². The monoisotopic (exact) mass is 465 g/mol. The third-order valence-corrected chi connectivity index (χ3v) is 5.66. The maximum absolute atomic E-state index is 12.1. The molecule has 2 N–H and O–H groups in total. The van der Waals surface area contributed by atoms with Crippen LogP contribution in [0.15, 0.2) is 85.6 Å². The molecule has 0 saturated carbocycles. The van der Waals surface area contributed by atoms with E-state index in [0.29, 0.717) is 24.8 Å². The van der Waals surface area contributed by atoms with E-state index >= 15 is 0 Å². The Kier molecular flexibility index (Phi) is 6.19. The number of nitrogens with zero attached hydrogens (tertiary/aromatic N) is 3. The number of rotatable bonds is 6. The molecule has 8 nitrogen and oxygen atoms in total. The summed E-state index contributed by atoms with van der Waals surface area (Å²) in [6, 6.07) is 21.0. The van der Waals surface area contributed by atoms with E-state index in [0.717, 1.165) is 33.4 Å². The number of para-hydroxylation sites is 1. The Morgan fingerprint density at radius 2 is 1.89 bits per heavy atom. The quantitative estimate of drug-likeness (QED) is 0.406. The number of amides is 2. The fourth-order valence-electron chi connectivity index (χ4n) is 3.95. The Balaban J connectivity index is 1.41. The summed E-state index contributed by atoms with van der Waals surface area (Å²) in [6.45, 7) is 4.68. The second-order valence-corrected chi connectivity index (χ2v) is 7.98. The molecule has 0 spiro atoms. The third-order valence-electron chi connectivity index (χ3n) is 5.66. The van der Waals surface area contributed by atoms with Crippen molar-refractivity contribution in [2.75, 3.05) is 35.3 Å². The molecule has 0 bridgehead atoms. The topological polar surface area (TPSA) is 96.5 Å². The Bertz CT molecular complexity index is 1420. The first-order chi connectivity index (χ1) is 17.1. The standard InChI is InChI=1S/C27H23N5O3/c1-2-24(33)29-21-7-3-5-18(15-21)23-8-4-6-19-16-28-27(31-26(19)23)30-20-9-11-22(12-10-20)32-13-14-35-17-25(32)34/h2-12,15-16H,1,13-14,17H2,(H,29,33)(H,28,30,31). The van der Waals surface area contributed by atoms with Crippen LogP contribution in [-0.4, -0.2) is 41.5 Å². The van der Waals surface area contributed by atoms with E-state index in [4.69, 9.17) is 9.72 Å². The van der Waals surface area contributed by atoms with Crippen molar-refractivity contribution in [3.8, 4) is 11.1 Å². The molecule has 4 aromatic rings. The summed E-state index contributed by atoms with van der Waals surface area (Å²) in [5, 5.41) is 6.93. The summed E-state index contributed by atoms with van der Waals surface area (Å²) in [6.07, 6.45) is 3.01. The number of ether oxygens (including phenoxy) is 1. The Labute approximate surface area is 202 Å². The molecule has 1 aliphatic heterocycles. The molecule has 2 amide bonds. The Morgan fingerprint density at radius 1 is 1.06 bits per heavy atom. The fourth-order valence-corrected chi connectivity index (χ4v) is 3.95. The number of aromatic nitrogens is 2. The second kappa shape index (κ2) is 9.74. The van der Waals surface area contributed by atoms with Crippen LogP contribution < -0.4 is 15.5 Å². The summed E-state index contributed by atoms with van der Waals surface area (Å²) in [5.74, 6) is 0.143. The van der Waals surface area contributed by atoms with Crippen molar-refractivity contribution in [3.63, 3.8) is 0 Å². The van der Waals surface area contributed by atoms with Gasteiger partial charge >= 0.3 is 0 Å². The van der Waals surface area contributed by atoms with Gasteiger partial charge in [0, 0.05) is 40.8 Å². The van der Waals surface area contributed by atoms with Crippen LogP contribution in [0, 0.1) is 0 Å². The molecule has 5 rings (SSSR count). The maximum atomic E-state index is 12.1. The summed E-state index contributed by atoms with van der Waals surface area (Å²) in [4.78, 5) is 34.7. The minimum Gasteiger partial charge on any atom is -0.370 e. The lowest BCUT2D eigenvalue weighted by molar-refractivity contribution is -0.125. The number of hydrogen-bond donors (Lipinski definition) is 2. The molecular weight excluding hydrogens is 442 g/mol. The molecule has 174 valence electrons. The first-order valence-electron chi connectivity index (χ1n) is 11.2. The number of fused-ring (bicyclic) bond motifs is 1. The van der Waals surface area contributed by atoms with Gasteiger partial charge < -0.3 is 20.3 Å². The summed E-state index contributed by atoms with van der Waals surface area (Å²) >= 11 is 0. The van der Waals surface area contributed by atoms with Crippen molar-refractivity contribution in [1.29, 1.82) is 0 Å². The minimum atomic E-state index is -0.266. The molecular formula is C27H23N5O3. The average molecular weight is 466 g/mol. The highest BCUT2D eigenvalue weighted by atomic mass is 16.5. The van der Waals surface area contributed by atoms with Gasteiger partial charge in [-0.2, -0.15) is 0 Å². The van der Waals surface area contributed by atoms with Crippen LogP contribution in [0.2, 0.25) is 0 Å². The predicted octanol–water partition coefficient (Wildman–Crippen LogP) is 4.53. The second-order valence-electron chi connectivity index (χ2n) is 7.98. The number of nitrogens with one attached hydrogen (secondary N) is 2. The van der Waals surface area contributed by atoms with Gasteiger partial charge in [0.1, 0.15) is 6.61 Å². The first-order valence-corrected chi connectivity index (χ1v) is 11.2. The van der Waals surface area contributed by atoms with Gasteiger partial charge in [0.05, 0.1) is 12.1 Å². The van der Waals surface area contributed by atoms with E-state index in [9.17, 15) is 9.59 Å². The number of morpholine rings is 1. The zero-order chi connectivity index (χ0) is 24.2. The van der Waals surface area contributed by atoms with Crippen LogP contribution in [0.5, 0.6) is 0 Å². The Morgan fingerprint density at radius 3 is 2.69 bits per heavy atom. The smallest absolute Gasteiger partial charge is 0.253 e. The van der Waals surface area contributed by atoms with Gasteiger partial charge in [0.2, 0.25) is 11.9 Å². The van der Waals surface area contributed by atoms with E-state index < -0.39 is 0 Å². The highest BCUT2D eigenvalue weighted by Gasteiger charge is 2.20. The van der Waals surface area contributed by atoms with Crippen LogP contribution >= 0.6 is 0 Å². The molecule has 3 aromatic carbocycles. The van der Waals surface area contributed by atoms with Crippen molar-refractivity contribution in [1.82, 2.24) is 9.97 Å². The number of carbonyl (C=O) groups is 2. The number of benzene rings is 3. The maximum Gasteiger partial charge on any atom is 0.253 e. The molecule has 1 aromatic heterocycles. The molecule has 35 heavy (non-hydrogen) atoms. The third kappa shape index (κ3) is 4.87. The van der Waals surface area contributed by atoms with Crippen LogP contribution in [-0.2, 0) is 14.3 Å². The molecule has 0 atom stereocenters. The van der Waals surface area contributed by atoms with Crippen LogP contribution in [0.4, 0.5) is 23.0 Å². The number of anilines is 4. The highest BCUT2D eigenvalue weighted by molar-refractivity contribution is 6.00. The first kappa shape index (κ1) is 22.2. The van der Waals surface area contributed by atoms with Crippen LogP contribution in [0.3, 0.4) is 0 Å². The van der Waals surface area contributed by atoms with E-state index in [2.05, 4.69) is 22.2 Å². The van der Waals surface area contributed by atoms with Gasteiger partial charge in [-0.3, -0.25) is 9.59 Å². The molecule has 1 saturated heterocycles. The fraction of sp³-hybridized carbons (Fsp3) is 0.111. The van der Waals surface area contributed by atoms with E-state index in [1.807, 2.05) is 66.7 Å². The number of hydrogen-bond acceptors (Lipinski definition) is 6. The van der Waals surface area contributed by atoms with Crippen molar-refractivity contribution in [2.45, 2.75) is 0 Å². The SMILES string of the molecule is C=CC(=O)Nc1cccc(-c2cccc3cnc(Nc4ccc(N5CCOCC5=O)cc4)nc23)c1. The zero-order valence-corrected chi connectivity index (χ0v) is 18.9. The summed E-state index contributed by atoms with van der Waals surface area (Å²) < 4.78 is 5.20. The zero-order valence-electron chi connectivity index (χ0n) is 18.9. The highest BCUT2D eigenvalue weighted by Crippen LogP contribution is 2.30. The van der Waals surface area contributed by atoms with E-state index in [1.165, 1.54) is 6.08 Å². The minimum absolute atomic E-state index is 0.0459. The average Bonchev–Trinajstić information content (AvgIpc) is 2.89. The molecule has 1 fully saturated rings. The van der Waals surface area contributed by atoms with Gasteiger partial charge in [-0.15, -0.1) is 0 Å².